The number of aryl methyl sites for hydroxylation is 2. The van der Waals surface area contributed by atoms with E-state index in [9.17, 15) is 14.4 Å². The van der Waals surface area contributed by atoms with Gasteiger partial charge in [0, 0.05) is 18.4 Å². The number of carbonyl (C=O) groups excluding carboxylic acids is 3. The molecule has 0 saturated heterocycles. The van der Waals surface area contributed by atoms with Crippen LogP contribution in [0.25, 0.3) is 0 Å². The number of imide groups is 1. The Bertz CT molecular complexity index is 1150. The van der Waals surface area contributed by atoms with Crippen LogP contribution in [0.2, 0.25) is 0 Å². The highest BCUT2D eigenvalue weighted by Gasteiger charge is 2.32. The lowest BCUT2D eigenvalue weighted by molar-refractivity contribution is -0.144. The summed E-state index contributed by atoms with van der Waals surface area (Å²) in [5, 5.41) is 0. The molecule has 0 saturated carbocycles. The van der Waals surface area contributed by atoms with Gasteiger partial charge in [-0.25, -0.2) is 4.90 Å². The Balaban J connectivity index is 1.52. The van der Waals surface area contributed by atoms with Crippen LogP contribution in [0.1, 0.15) is 39.9 Å². The van der Waals surface area contributed by atoms with Gasteiger partial charge in [0.05, 0.1) is 12.8 Å². The second-order valence-corrected chi connectivity index (χ2v) is 7.83. The predicted octanol–water partition coefficient (Wildman–Crippen LogP) is 4.49. The number of benzene rings is 3. The third-order valence-electron chi connectivity index (χ3n) is 5.67. The van der Waals surface area contributed by atoms with Crippen molar-refractivity contribution in [2.24, 2.45) is 0 Å². The van der Waals surface area contributed by atoms with Gasteiger partial charge in [0.15, 0.2) is 0 Å². The van der Waals surface area contributed by atoms with Crippen LogP contribution in [-0.4, -0.2) is 24.9 Å². The minimum Gasteiger partial charge on any atom is -0.497 e. The molecule has 0 atom stereocenters. The van der Waals surface area contributed by atoms with Gasteiger partial charge in [0.25, 0.3) is 5.91 Å². The Hall–Kier alpha value is -3.93. The zero-order valence-electron chi connectivity index (χ0n) is 18.5. The number of para-hydroxylation sites is 1. The highest BCUT2D eigenvalue weighted by atomic mass is 16.5. The number of hydrogen-bond donors (Lipinski definition) is 0. The van der Waals surface area contributed by atoms with Crippen LogP contribution in [0.5, 0.6) is 5.75 Å². The number of nitrogens with zero attached hydrogens (tertiary/aromatic N) is 1. The number of rotatable bonds is 7. The van der Waals surface area contributed by atoms with Crippen molar-refractivity contribution in [1.82, 2.24) is 0 Å². The number of carbonyl (C=O) groups is 3. The molecular weight excluding hydrogens is 418 g/mol. The first-order chi connectivity index (χ1) is 16.1. The summed E-state index contributed by atoms with van der Waals surface area (Å²) in [6.45, 7) is 0.215. The number of hydrogen-bond acceptors (Lipinski definition) is 5. The van der Waals surface area contributed by atoms with Gasteiger partial charge in [0.1, 0.15) is 12.4 Å². The molecule has 6 nitrogen and oxygen atoms in total. The lowest BCUT2D eigenvalue weighted by Gasteiger charge is -2.30. The Morgan fingerprint density at radius 3 is 2.39 bits per heavy atom. The van der Waals surface area contributed by atoms with Gasteiger partial charge in [-0.2, -0.15) is 0 Å². The summed E-state index contributed by atoms with van der Waals surface area (Å²) in [4.78, 5) is 39.7. The van der Waals surface area contributed by atoms with Gasteiger partial charge >= 0.3 is 5.97 Å². The smallest absolute Gasteiger partial charge is 0.306 e. The Morgan fingerprint density at radius 2 is 1.67 bits per heavy atom. The maximum atomic E-state index is 13.3. The van der Waals surface area contributed by atoms with Crippen molar-refractivity contribution in [3.8, 4) is 5.75 Å². The van der Waals surface area contributed by atoms with Gasteiger partial charge in [-0.3, -0.25) is 14.4 Å². The van der Waals surface area contributed by atoms with Crippen molar-refractivity contribution in [3.63, 3.8) is 0 Å². The predicted molar refractivity (Wildman–Crippen MR) is 124 cm³/mol. The molecule has 1 aliphatic heterocycles. The van der Waals surface area contributed by atoms with E-state index in [1.807, 2.05) is 48.5 Å². The van der Waals surface area contributed by atoms with Crippen molar-refractivity contribution in [2.45, 2.75) is 32.3 Å². The van der Waals surface area contributed by atoms with Crippen LogP contribution in [0.4, 0.5) is 5.69 Å². The van der Waals surface area contributed by atoms with Gasteiger partial charge in [0.2, 0.25) is 5.91 Å². The molecule has 0 radical (unpaired) electrons. The molecule has 0 bridgehead atoms. The Morgan fingerprint density at radius 1 is 0.909 bits per heavy atom. The number of anilines is 1. The minimum atomic E-state index is -0.386. The van der Waals surface area contributed by atoms with Crippen LogP contribution < -0.4 is 9.64 Å². The van der Waals surface area contributed by atoms with Crippen LogP contribution in [0.3, 0.4) is 0 Å². The molecule has 0 spiro atoms. The van der Waals surface area contributed by atoms with E-state index >= 15 is 0 Å². The summed E-state index contributed by atoms with van der Waals surface area (Å²) in [7, 11) is 1.55. The van der Waals surface area contributed by atoms with Crippen molar-refractivity contribution in [1.29, 1.82) is 0 Å². The number of amides is 2. The summed E-state index contributed by atoms with van der Waals surface area (Å²) < 4.78 is 10.5. The topological polar surface area (TPSA) is 72.9 Å². The molecule has 0 aliphatic carbocycles. The average Bonchev–Trinajstić information content (AvgIpc) is 2.86. The van der Waals surface area contributed by atoms with E-state index in [0.717, 1.165) is 16.7 Å². The molecule has 4 rings (SSSR count). The molecule has 33 heavy (non-hydrogen) atoms. The molecule has 0 N–H and O–H groups in total. The van der Waals surface area contributed by atoms with Crippen molar-refractivity contribution in [3.05, 3.63) is 95.1 Å². The first-order valence-electron chi connectivity index (χ1n) is 10.9. The zero-order valence-corrected chi connectivity index (χ0v) is 18.5. The molecule has 3 aromatic carbocycles. The molecule has 1 heterocycles. The van der Waals surface area contributed by atoms with Gasteiger partial charge in [-0.05, 0) is 53.8 Å². The van der Waals surface area contributed by atoms with Gasteiger partial charge in [-0.1, -0.05) is 48.5 Å². The summed E-state index contributed by atoms with van der Waals surface area (Å²) >= 11 is 0. The molecule has 168 valence electrons. The maximum absolute atomic E-state index is 13.3. The van der Waals surface area contributed by atoms with Gasteiger partial charge in [-0.15, -0.1) is 0 Å². The summed E-state index contributed by atoms with van der Waals surface area (Å²) in [6, 6.07) is 21.8. The van der Waals surface area contributed by atoms with E-state index in [4.69, 9.17) is 9.47 Å². The molecule has 0 aromatic heterocycles. The third-order valence-corrected chi connectivity index (χ3v) is 5.67. The first-order valence-corrected chi connectivity index (χ1v) is 10.9. The molecule has 6 heteroatoms. The van der Waals surface area contributed by atoms with E-state index in [0.29, 0.717) is 29.8 Å². The Labute approximate surface area is 192 Å². The summed E-state index contributed by atoms with van der Waals surface area (Å²) in [6.07, 6.45) is 1.35. The lowest BCUT2D eigenvalue weighted by Crippen LogP contribution is -2.41. The second-order valence-electron chi connectivity index (χ2n) is 7.83. The van der Waals surface area contributed by atoms with E-state index in [2.05, 4.69) is 0 Å². The molecule has 2 amide bonds. The van der Waals surface area contributed by atoms with E-state index in [1.165, 1.54) is 4.90 Å². The van der Waals surface area contributed by atoms with E-state index < -0.39 is 0 Å². The summed E-state index contributed by atoms with van der Waals surface area (Å²) in [5.41, 5.74) is 3.61. The van der Waals surface area contributed by atoms with Gasteiger partial charge < -0.3 is 9.47 Å². The number of esters is 1. The lowest BCUT2D eigenvalue weighted by atomic mass is 9.94. The molecular formula is C27H25NO5. The maximum Gasteiger partial charge on any atom is 0.306 e. The molecule has 0 fully saturated rings. The SMILES string of the molecule is COc1ccc(C(=O)N2C(=O)CCc3cccc(CCC(=O)OCc4ccccc4)c32)cc1. The molecule has 0 unspecified atom stereocenters. The first kappa shape index (κ1) is 22.3. The van der Waals surface area contributed by atoms with Crippen LogP contribution in [0.15, 0.2) is 72.8 Å². The fraction of sp³-hybridized carbons (Fsp3) is 0.222. The fourth-order valence-electron chi connectivity index (χ4n) is 3.94. The largest absolute Gasteiger partial charge is 0.497 e. The normalized spacial score (nSPS) is 12.8. The second kappa shape index (κ2) is 10.1. The standard InChI is InChI=1S/C27H25NO5/c1-32-23-14-10-22(11-15-23)27(31)28-24(29)16-12-20-8-5-9-21(26(20)28)13-17-25(30)33-18-19-6-3-2-4-7-19/h2-11,14-15H,12-13,16-18H2,1H3. The Kier molecular flexibility index (Phi) is 6.83. The molecule has 3 aromatic rings. The fourth-order valence-corrected chi connectivity index (χ4v) is 3.94. The summed E-state index contributed by atoms with van der Waals surface area (Å²) in [5.74, 6) is -0.330. The number of fused-ring (bicyclic) bond motifs is 1. The van der Waals surface area contributed by atoms with Crippen molar-refractivity contribution in [2.75, 3.05) is 12.0 Å². The average molecular weight is 443 g/mol. The number of ether oxygens (including phenoxy) is 2. The minimum absolute atomic E-state index is 0.155. The van der Waals surface area contributed by atoms with E-state index in [-0.39, 0.29) is 37.2 Å². The highest BCUT2D eigenvalue weighted by molar-refractivity contribution is 6.22. The quantitative estimate of drug-likeness (QED) is 0.397. The number of methoxy groups -OCH3 is 1. The molecule has 1 aliphatic rings. The van der Waals surface area contributed by atoms with Crippen molar-refractivity contribution < 1.29 is 23.9 Å². The van der Waals surface area contributed by atoms with Crippen LogP contribution in [-0.2, 0) is 33.8 Å². The van der Waals surface area contributed by atoms with Crippen molar-refractivity contribution >= 4 is 23.5 Å². The van der Waals surface area contributed by atoms with E-state index in [1.54, 1.807) is 31.4 Å². The van der Waals surface area contributed by atoms with Crippen LogP contribution in [0, 0.1) is 0 Å². The monoisotopic (exact) mass is 443 g/mol. The highest BCUT2D eigenvalue weighted by Crippen LogP contribution is 2.34. The van der Waals surface area contributed by atoms with Crippen LogP contribution >= 0.6 is 0 Å². The third kappa shape index (κ3) is 5.12. The zero-order chi connectivity index (χ0) is 23.2.